The molecule has 5 rings (SSSR count). The van der Waals surface area contributed by atoms with Crippen LogP contribution in [0.3, 0.4) is 0 Å². The molecule has 33 heavy (non-hydrogen) atoms. The van der Waals surface area contributed by atoms with Crippen LogP contribution in [0, 0.1) is 13.8 Å². The van der Waals surface area contributed by atoms with Gasteiger partial charge in [0.15, 0.2) is 0 Å². The number of para-hydroxylation sites is 1. The SMILES string of the molecule is Cc1ccc(-c2cc(C(=O)Nc3cnc(Oc4ccccc4)nc3)c3c(C)noc3n2)cc1. The second-order valence-electron chi connectivity index (χ2n) is 7.49. The number of pyridine rings is 1. The Hall–Kier alpha value is -4.59. The van der Waals surface area contributed by atoms with Crippen LogP contribution in [0.2, 0.25) is 0 Å². The van der Waals surface area contributed by atoms with Crippen LogP contribution in [0.15, 0.2) is 77.6 Å². The Balaban J connectivity index is 1.43. The van der Waals surface area contributed by atoms with E-state index in [0.29, 0.717) is 39.5 Å². The Bertz CT molecular complexity index is 1430. The molecule has 0 aliphatic rings. The Kier molecular flexibility index (Phi) is 5.24. The molecule has 1 amide bonds. The average molecular weight is 437 g/mol. The molecule has 0 saturated carbocycles. The number of hydrogen-bond donors (Lipinski definition) is 1. The zero-order valence-electron chi connectivity index (χ0n) is 17.9. The second kappa shape index (κ2) is 8.51. The molecule has 0 fully saturated rings. The van der Waals surface area contributed by atoms with E-state index in [1.165, 1.54) is 12.4 Å². The number of aromatic nitrogens is 4. The number of rotatable bonds is 5. The summed E-state index contributed by atoms with van der Waals surface area (Å²) < 4.78 is 11.0. The molecule has 0 unspecified atom stereocenters. The normalized spacial score (nSPS) is 10.8. The molecular formula is C25H19N5O3. The van der Waals surface area contributed by atoms with Gasteiger partial charge in [0, 0.05) is 5.56 Å². The lowest BCUT2D eigenvalue weighted by Gasteiger charge is -2.09. The Labute approximate surface area is 189 Å². The highest BCUT2D eigenvalue weighted by molar-refractivity contribution is 6.12. The van der Waals surface area contributed by atoms with Crippen molar-refractivity contribution in [3.63, 3.8) is 0 Å². The topological polar surface area (TPSA) is 103 Å². The summed E-state index contributed by atoms with van der Waals surface area (Å²) in [6.45, 7) is 3.78. The number of anilines is 1. The van der Waals surface area contributed by atoms with Gasteiger partial charge in [-0.1, -0.05) is 53.2 Å². The summed E-state index contributed by atoms with van der Waals surface area (Å²) in [5.74, 6) is 0.280. The van der Waals surface area contributed by atoms with E-state index >= 15 is 0 Å². The highest BCUT2D eigenvalue weighted by atomic mass is 16.5. The molecule has 5 aromatic rings. The van der Waals surface area contributed by atoms with Crippen molar-refractivity contribution >= 4 is 22.7 Å². The van der Waals surface area contributed by atoms with Crippen LogP contribution in [0.4, 0.5) is 5.69 Å². The van der Waals surface area contributed by atoms with Gasteiger partial charge in [-0.05, 0) is 32.0 Å². The van der Waals surface area contributed by atoms with Crippen molar-refractivity contribution in [3.8, 4) is 23.0 Å². The van der Waals surface area contributed by atoms with E-state index in [1.807, 2.05) is 49.4 Å². The predicted molar refractivity (Wildman–Crippen MR) is 123 cm³/mol. The minimum Gasteiger partial charge on any atom is -0.424 e. The summed E-state index contributed by atoms with van der Waals surface area (Å²) in [5.41, 5.74) is 4.34. The number of nitrogens with zero attached hydrogens (tertiary/aromatic N) is 4. The number of aryl methyl sites for hydroxylation is 2. The molecule has 0 spiro atoms. The van der Waals surface area contributed by atoms with E-state index in [4.69, 9.17) is 9.26 Å². The fourth-order valence-electron chi connectivity index (χ4n) is 3.37. The van der Waals surface area contributed by atoms with E-state index < -0.39 is 0 Å². The van der Waals surface area contributed by atoms with E-state index in [-0.39, 0.29) is 11.9 Å². The predicted octanol–water partition coefficient (Wildman–Crippen LogP) is 5.34. The Morgan fingerprint density at radius 2 is 1.70 bits per heavy atom. The van der Waals surface area contributed by atoms with Crippen LogP contribution >= 0.6 is 0 Å². The van der Waals surface area contributed by atoms with Crippen LogP contribution in [0.5, 0.6) is 11.8 Å². The van der Waals surface area contributed by atoms with Gasteiger partial charge in [0.1, 0.15) is 5.75 Å². The van der Waals surface area contributed by atoms with Gasteiger partial charge in [0.25, 0.3) is 11.6 Å². The number of carbonyl (C=O) groups excluding carboxylic acids is 1. The first-order valence-corrected chi connectivity index (χ1v) is 10.3. The fourth-order valence-corrected chi connectivity index (χ4v) is 3.37. The van der Waals surface area contributed by atoms with E-state index in [9.17, 15) is 4.79 Å². The number of hydrogen-bond acceptors (Lipinski definition) is 7. The maximum atomic E-state index is 13.2. The highest BCUT2D eigenvalue weighted by Gasteiger charge is 2.20. The fraction of sp³-hybridized carbons (Fsp3) is 0.0800. The van der Waals surface area contributed by atoms with Crippen LogP contribution < -0.4 is 10.1 Å². The van der Waals surface area contributed by atoms with E-state index in [1.54, 1.807) is 25.1 Å². The first kappa shape index (κ1) is 20.3. The molecular weight excluding hydrogens is 418 g/mol. The van der Waals surface area contributed by atoms with Crippen molar-refractivity contribution in [3.05, 3.63) is 89.9 Å². The number of amides is 1. The minimum absolute atomic E-state index is 0.182. The molecule has 2 aromatic carbocycles. The minimum atomic E-state index is -0.345. The molecule has 3 heterocycles. The number of nitrogens with one attached hydrogen (secondary N) is 1. The van der Waals surface area contributed by atoms with Crippen LogP contribution in [0.25, 0.3) is 22.4 Å². The monoisotopic (exact) mass is 437 g/mol. The van der Waals surface area contributed by atoms with E-state index in [2.05, 4.69) is 25.4 Å². The molecule has 0 aliphatic carbocycles. The van der Waals surface area contributed by atoms with Crippen molar-refractivity contribution in [2.75, 3.05) is 5.32 Å². The number of fused-ring (bicyclic) bond motifs is 1. The number of benzene rings is 2. The summed E-state index contributed by atoms with van der Waals surface area (Å²) in [6.07, 6.45) is 2.98. The summed E-state index contributed by atoms with van der Waals surface area (Å²) >= 11 is 0. The van der Waals surface area contributed by atoms with Gasteiger partial charge in [0.05, 0.1) is 40.4 Å². The Morgan fingerprint density at radius 1 is 0.970 bits per heavy atom. The van der Waals surface area contributed by atoms with Crippen molar-refractivity contribution in [2.45, 2.75) is 13.8 Å². The first-order valence-electron chi connectivity index (χ1n) is 10.3. The Morgan fingerprint density at radius 3 is 2.42 bits per heavy atom. The van der Waals surface area contributed by atoms with Gasteiger partial charge in [-0.2, -0.15) is 0 Å². The third-order valence-electron chi connectivity index (χ3n) is 5.05. The molecule has 8 nitrogen and oxygen atoms in total. The van der Waals surface area contributed by atoms with Crippen molar-refractivity contribution in [2.24, 2.45) is 0 Å². The van der Waals surface area contributed by atoms with Gasteiger partial charge in [0.2, 0.25) is 0 Å². The zero-order chi connectivity index (χ0) is 22.8. The number of carbonyl (C=O) groups is 1. The maximum absolute atomic E-state index is 13.2. The van der Waals surface area contributed by atoms with Gasteiger partial charge in [-0.3, -0.25) is 4.79 Å². The van der Waals surface area contributed by atoms with Crippen molar-refractivity contribution < 1.29 is 14.1 Å². The lowest BCUT2D eigenvalue weighted by molar-refractivity contribution is 0.102. The number of ether oxygens (including phenoxy) is 1. The first-order chi connectivity index (χ1) is 16.1. The molecule has 8 heteroatoms. The molecule has 0 saturated heterocycles. The van der Waals surface area contributed by atoms with Gasteiger partial charge in [-0.25, -0.2) is 15.0 Å². The lowest BCUT2D eigenvalue weighted by atomic mass is 10.0. The summed E-state index contributed by atoms with van der Waals surface area (Å²) in [6, 6.07) is 19.0. The van der Waals surface area contributed by atoms with Crippen molar-refractivity contribution in [1.29, 1.82) is 0 Å². The van der Waals surface area contributed by atoms with Gasteiger partial charge in [-0.15, -0.1) is 0 Å². The molecule has 162 valence electrons. The lowest BCUT2D eigenvalue weighted by Crippen LogP contribution is -2.13. The molecule has 0 aliphatic heterocycles. The average Bonchev–Trinajstić information content (AvgIpc) is 3.21. The second-order valence-corrected chi connectivity index (χ2v) is 7.49. The standard InChI is InChI=1S/C25H19N5O3/c1-15-8-10-17(11-9-15)21-12-20(22-16(2)30-33-24(22)29-21)23(31)28-18-13-26-25(27-14-18)32-19-6-4-3-5-7-19/h3-14H,1-2H3,(H,28,31). The van der Waals surface area contributed by atoms with Crippen molar-refractivity contribution in [1.82, 2.24) is 20.1 Å². The van der Waals surface area contributed by atoms with Crippen LogP contribution in [0.1, 0.15) is 21.6 Å². The highest BCUT2D eigenvalue weighted by Crippen LogP contribution is 2.28. The third-order valence-corrected chi connectivity index (χ3v) is 5.05. The molecule has 0 radical (unpaired) electrons. The quantitative estimate of drug-likeness (QED) is 0.396. The molecule has 3 aromatic heterocycles. The van der Waals surface area contributed by atoms with Crippen LogP contribution in [-0.4, -0.2) is 26.0 Å². The molecule has 0 bridgehead atoms. The summed E-state index contributed by atoms with van der Waals surface area (Å²) in [4.78, 5) is 26.1. The maximum Gasteiger partial charge on any atom is 0.322 e. The smallest absolute Gasteiger partial charge is 0.322 e. The van der Waals surface area contributed by atoms with Gasteiger partial charge < -0.3 is 14.6 Å². The molecule has 0 atom stereocenters. The summed E-state index contributed by atoms with van der Waals surface area (Å²) in [5, 5.41) is 7.38. The third kappa shape index (κ3) is 4.27. The van der Waals surface area contributed by atoms with E-state index in [0.717, 1.165) is 11.1 Å². The van der Waals surface area contributed by atoms with Gasteiger partial charge >= 0.3 is 6.01 Å². The summed E-state index contributed by atoms with van der Waals surface area (Å²) in [7, 11) is 0. The zero-order valence-corrected chi connectivity index (χ0v) is 17.9. The van der Waals surface area contributed by atoms with Crippen LogP contribution in [-0.2, 0) is 0 Å². The largest absolute Gasteiger partial charge is 0.424 e. The molecule has 1 N–H and O–H groups in total.